The molecule has 0 aliphatic heterocycles. The Balaban J connectivity index is 1.86. The molecule has 1 aromatic carbocycles. The van der Waals surface area contributed by atoms with Gasteiger partial charge >= 0.3 is 0 Å². The summed E-state index contributed by atoms with van der Waals surface area (Å²) in [5.41, 5.74) is 6.88. The third kappa shape index (κ3) is 4.52. The number of rotatable bonds is 8. The lowest BCUT2D eigenvalue weighted by Gasteiger charge is -2.27. The summed E-state index contributed by atoms with van der Waals surface area (Å²) in [5.74, 6) is 0.540. The van der Waals surface area contributed by atoms with Crippen molar-refractivity contribution >= 4 is 15.9 Å². The first-order valence-electron chi connectivity index (χ1n) is 7.04. The van der Waals surface area contributed by atoms with E-state index in [1.54, 1.807) is 12.1 Å². The van der Waals surface area contributed by atoms with Crippen LogP contribution in [0.25, 0.3) is 0 Å². The summed E-state index contributed by atoms with van der Waals surface area (Å²) in [7, 11) is 2.02. The second-order valence-electron chi connectivity index (χ2n) is 5.42. The molecule has 20 heavy (non-hydrogen) atoms. The summed E-state index contributed by atoms with van der Waals surface area (Å²) < 4.78 is 19.4. The van der Waals surface area contributed by atoms with Crippen LogP contribution in [0.1, 0.15) is 24.4 Å². The number of likely N-dealkylation sites (N-methyl/N-ethyl adjacent to an activating group) is 1. The molecule has 1 aliphatic carbocycles. The number of hydrogen-bond donors (Lipinski definition) is 1. The Morgan fingerprint density at radius 3 is 2.85 bits per heavy atom. The number of nitrogens with two attached hydrogens (primary N) is 1. The van der Waals surface area contributed by atoms with E-state index in [0.717, 1.165) is 24.6 Å². The summed E-state index contributed by atoms with van der Waals surface area (Å²) in [4.78, 5) is 2.16. The minimum Gasteiger partial charge on any atom is -0.380 e. The lowest BCUT2D eigenvalue weighted by molar-refractivity contribution is 0.0922. The van der Waals surface area contributed by atoms with E-state index >= 15 is 0 Å². The summed E-state index contributed by atoms with van der Waals surface area (Å²) in [6.07, 6.45) is 2.62. The molecular weight excluding hydrogens is 323 g/mol. The van der Waals surface area contributed by atoms with E-state index in [-0.39, 0.29) is 11.9 Å². The van der Waals surface area contributed by atoms with E-state index < -0.39 is 0 Å². The number of benzene rings is 1. The second-order valence-corrected chi connectivity index (χ2v) is 6.28. The molecule has 5 heteroatoms. The first-order valence-corrected chi connectivity index (χ1v) is 7.84. The summed E-state index contributed by atoms with van der Waals surface area (Å²) in [5, 5.41) is 0. The maximum Gasteiger partial charge on any atom is 0.137 e. The molecule has 0 heterocycles. The van der Waals surface area contributed by atoms with Crippen molar-refractivity contribution in [3.05, 3.63) is 34.1 Å². The quantitative estimate of drug-likeness (QED) is 0.737. The van der Waals surface area contributed by atoms with E-state index in [4.69, 9.17) is 10.5 Å². The smallest absolute Gasteiger partial charge is 0.137 e. The van der Waals surface area contributed by atoms with E-state index in [1.165, 1.54) is 18.9 Å². The van der Waals surface area contributed by atoms with Crippen LogP contribution in [0.3, 0.4) is 0 Å². The first-order chi connectivity index (χ1) is 9.61. The molecule has 0 bridgehead atoms. The highest BCUT2D eigenvalue weighted by Crippen LogP contribution is 2.29. The van der Waals surface area contributed by atoms with Gasteiger partial charge in [0.05, 0.1) is 11.1 Å². The Morgan fingerprint density at radius 1 is 1.50 bits per heavy atom. The van der Waals surface area contributed by atoms with E-state index in [1.807, 2.05) is 7.05 Å². The minimum absolute atomic E-state index is 0.0800. The van der Waals surface area contributed by atoms with Crippen molar-refractivity contribution in [1.29, 1.82) is 0 Å². The number of hydrogen-bond acceptors (Lipinski definition) is 3. The molecule has 1 aromatic rings. The zero-order valence-corrected chi connectivity index (χ0v) is 13.4. The van der Waals surface area contributed by atoms with Gasteiger partial charge in [-0.15, -0.1) is 0 Å². The molecule has 0 radical (unpaired) electrons. The van der Waals surface area contributed by atoms with Gasteiger partial charge in [0, 0.05) is 25.7 Å². The lowest BCUT2D eigenvalue weighted by Crippen LogP contribution is -2.33. The fourth-order valence-electron chi connectivity index (χ4n) is 2.19. The van der Waals surface area contributed by atoms with Gasteiger partial charge in [-0.2, -0.15) is 0 Å². The minimum atomic E-state index is -0.250. The van der Waals surface area contributed by atoms with Gasteiger partial charge in [-0.25, -0.2) is 4.39 Å². The predicted molar refractivity (Wildman–Crippen MR) is 82.1 cm³/mol. The maximum atomic E-state index is 13.3. The SMILES string of the molecule is CN(CCOCC1CC1)C(CN)c1ccc(F)c(Br)c1. The zero-order valence-electron chi connectivity index (χ0n) is 11.8. The average molecular weight is 345 g/mol. The summed E-state index contributed by atoms with van der Waals surface area (Å²) in [6.45, 7) is 2.91. The Hall–Kier alpha value is -0.490. The molecule has 1 aliphatic rings. The molecule has 0 saturated heterocycles. The van der Waals surface area contributed by atoms with Crippen molar-refractivity contribution < 1.29 is 9.13 Å². The van der Waals surface area contributed by atoms with Crippen LogP contribution in [0.15, 0.2) is 22.7 Å². The highest BCUT2D eigenvalue weighted by atomic mass is 79.9. The number of ether oxygens (including phenoxy) is 1. The van der Waals surface area contributed by atoms with Crippen molar-refractivity contribution in [2.24, 2.45) is 11.7 Å². The molecule has 0 aromatic heterocycles. The Labute approximate surface area is 128 Å². The van der Waals surface area contributed by atoms with Gasteiger partial charge in [0.15, 0.2) is 0 Å². The third-order valence-corrected chi connectivity index (χ3v) is 4.33. The molecule has 1 atom stereocenters. The number of halogens is 2. The zero-order chi connectivity index (χ0) is 14.5. The lowest BCUT2D eigenvalue weighted by atomic mass is 10.1. The average Bonchev–Trinajstić information content (AvgIpc) is 3.24. The Morgan fingerprint density at radius 2 is 2.25 bits per heavy atom. The van der Waals surface area contributed by atoms with Crippen LogP contribution in [0.2, 0.25) is 0 Å². The van der Waals surface area contributed by atoms with Crippen molar-refractivity contribution in [3.63, 3.8) is 0 Å². The Kier molecular flexibility index (Phi) is 5.96. The van der Waals surface area contributed by atoms with Crippen molar-refractivity contribution in [3.8, 4) is 0 Å². The van der Waals surface area contributed by atoms with Crippen LogP contribution < -0.4 is 5.73 Å². The first kappa shape index (κ1) is 15.9. The topological polar surface area (TPSA) is 38.5 Å². The van der Waals surface area contributed by atoms with Crippen LogP contribution in [-0.2, 0) is 4.74 Å². The van der Waals surface area contributed by atoms with Crippen molar-refractivity contribution in [2.45, 2.75) is 18.9 Å². The van der Waals surface area contributed by atoms with E-state index in [0.29, 0.717) is 17.6 Å². The predicted octanol–water partition coefficient (Wildman–Crippen LogP) is 2.95. The molecular formula is C15H22BrFN2O. The maximum absolute atomic E-state index is 13.3. The van der Waals surface area contributed by atoms with Crippen LogP contribution in [0.5, 0.6) is 0 Å². The van der Waals surface area contributed by atoms with Gasteiger partial charge in [-0.05, 0) is 59.4 Å². The standard InChI is InChI=1S/C15H22BrFN2O/c1-19(6-7-20-10-11-2-3-11)15(9-18)12-4-5-14(17)13(16)8-12/h4-5,8,11,15H,2-3,6-7,9-10,18H2,1H3. The molecule has 1 saturated carbocycles. The molecule has 1 unspecified atom stereocenters. The monoisotopic (exact) mass is 344 g/mol. The van der Waals surface area contributed by atoms with Gasteiger partial charge in [0.1, 0.15) is 5.82 Å². The molecule has 2 rings (SSSR count). The van der Waals surface area contributed by atoms with E-state index in [9.17, 15) is 4.39 Å². The van der Waals surface area contributed by atoms with Crippen molar-refractivity contribution in [2.75, 3.05) is 33.4 Å². The van der Waals surface area contributed by atoms with E-state index in [2.05, 4.69) is 20.8 Å². The molecule has 2 N–H and O–H groups in total. The summed E-state index contributed by atoms with van der Waals surface area (Å²) in [6, 6.07) is 5.14. The number of nitrogens with zero attached hydrogens (tertiary/aromatic N) is 1. The van der Waals surface area contributed by atoms with Gasteiger partial charge in [-0.1, -0.05) is 6.07 Å². The molecule has 112 valence electrons. The highest BCUT2D eigenvalue weighted by molar-refractivity contribution is 9.10. The van der Waals surface area contributed by atoms with Gasteiger partial charge in [0.2, 0.25) is 0 Å². The highest BCUT2D eigenvalue weighted by Gasteiger charge is 2.21. The van der Waals surface area contributed by atoms with Gasteiger partial charge in [-0.3, -0.25) is 4.90 Å². The van der Waals surface area contributed by atoms with Crippen LogP contribution in [-0.4, -0.2) is 38.3 Å². The Bertz CT molecular complexity index is 440. The second kappa shape index (κ2) is 7.50. The van der Waals surface area contributed by atoms with Gasteiger partial charge in [0.25, 0.3) is 0 Å². The fourth-order valence-corrected chi connectivity index (χ4v) is 2.59. The molecule has 1 fully saturated rings. The van der Waals surface area contributed by atoms with Gasteiger partial charge < -0.3 is 10.5 Å². The molecule has 0 spiro atoms. The van der Waals surface area contributed by atoms with Crippen LogP contribution in [0.4, 0.5) is 4.39 Å². The van der Waals surface area contributed by atoms with Crippen LogP contribution >= 0.6 is 15.9 Å². The normalized spacial score (nSPS) is 16.6. The molecule has 3 nitrogen and oxygen atoms in total. The fraction of sp³-hybridized carbons (Fsp3) is 0.600. The summed E-state index contributed by atoms with van der Waals surface area (Å²) >= 11 is 3.22. The molecule has 0 amide bonds. The third-order valence-electron chi connectivity index (χ3n) is 3.72. The largest absolute Gasteiger partial charge is 0.380 e. The van der Waals surface area contributed by atoms with Crippen molar-refractivity contribution in [1.82, 2.24) is 4.90 Å². The van der Waals surface area contributed by atoms with Crippen LogP contribution in [0, 0.1) is 11.7 Å².